The van der Waals surface area contributed by atoms with E-state index in [1.54, 1.807) is 13.8 Å². The van der Waals surface area contributed by atoms with Gasteiger partial charge >= 0.3 is 5.97 Å². The van der Waals surface area contributed by atoms with Crippen LogP contribution in [0.25, 0.3) is 0 Å². The zero-order valence-electron chi connectivity index (χ0n) is 10.5. The molecule has 2 amide bonds. The number of hydrogen-bond donors (Lipinski definition) is 2. The molecule has 2 heterocycles. The molecule has 1 aromatic heterocycles. The zero-order chi connectivity index (χ0) is 14.2. The molecule has 1 aromatic rings. The summed E-state index contributed by atoms with van der Waals surface area (Å²) in [4.78, 5) is 39.7. The van der Waals surface area contributed by atoms with Crippen molar-refractivity contribution < 1.29 is 19.5 Å². The quantitative estimate of drug-likeness (QED) is 0.730. The molecule has 0 aliphatic carbocycles. The maximum absolute atomic E-state index is 11.8. The molecule has 1 aliphatic rings. The van der Waals surface area contributed by atoms with Gasteiger partial charge in [0, 0.05) is 6.20 Å². The van der Waals surface area contributed by atoms with Gasteiger partial charge in [-0.1, -0.05) is 0 Å². The van der Waals surface area contributed by atoms with Crippen LogP contribution in [0.3, 0.4) is 0 Å². The first-order valence-electron chi connectivity index (χ1n) is 5.63. The summed E-state index contributed by atoms with van der Waals surface area (Å²) in [6.07, 6.45) is 1.34. The van der Waals surface area contributed by atoms with Crippen LogP contribution in [0, 0.1) is 0 Å². The number of nitrogens with zero attached hydrogens (tertiary/aromatic N) is 2. The summed E-state index contributed by atoms with van der Waals surface area (Å²) in [6.45, 7) is 3.24. The van der Waals surface area contributed by atoms with Gasteiger partial charge in [0.15, 0.2) is 0 Å². The Morgan fingerprint density at radius 3 is 2.79 bits per heavy atom. The second-order valence-corrected chi connectivity index (χ2v) is 4.73. The third-order valence-corrected chi connectivity index (χ3v) is 3.05. The first-order chi connectivity index (χ1) is 8.82. The van der Waals surface area contributed by atoms with Gasteiger partial charge in [0.1, 0.15) is 11.4 Å². The summed E-state index contributed by atoms with van der Waals surface area (Å²) < 4.78 is 0. The number of aromatic nitrogens is 1. The lowest BCUT2D eigenvalue weighted by molar-refractivity contribution is -0.135. The minimum atomic E-state index is -1.09. The van der Waals surface area contributed by atoms with E-state index in [0.29, 0.717) is 0 Å². The van der Waals surface area contributed by atoms with E-state index in [1.165, 1.54) is 23.2 Å². The van der Waals surface area contributed by atoms with Crippen molar-refractivity contribution in [3.63, 3.8) is 0 Å². The third-order valence-electron chi connectivity index (χ3n) is 3.05. The Labute approximate surface area is 109 Å². The molecule has 7 nitrogen and oxygen atoms in total. The molecule has 1 saturated heterocycles. The number of piperazine rings is 1. The molecule has 0 aromatic carbocycles. The Morgan fingerprint density at radius 1 is 1.47 bits per heavy atom. The normalized spacial score (nSPS) is 18.1. The number of rotatable bonds is 2. The van der Waals surface area contributed by atoms with Gasteiger partial charge in [-0.05, 0) is 26.0 Å². The Hall–Kier alpha value is -2.44. The number of carbonyl (C=O) groups is 3. The van der Waals surface area contributed by atoms with E-state index >= 15 is 0 Å². The lowest BCUT2D eigenvalue weighted by Gasteiger charge is -2.40. The predicted molar refractivity (Wildman–Crippen MR) is 65.8 cm³/mol. The van der Waals surface area contributed by atoms with Crippen LogP contribution in [0.1, 0.15) is 24.2 Å². The number of hydrogen-bond acceptors (Lipinski definition) is 5. The van der Waals surface area contributed by atoms with E-state index < -0.39 is 23.3 Å². The van der Waals surface area contributed by atoms with E-state index in [4.69, 9.17) is 5.11 Å². The Morgan fingerprint density at radius 2 is 2.16 bits per heavy atom. The minimum absolute atomic E-state index is 0.0468. The Bertz CT molecular complexity index is 568. The summed E-state index contributed by atoms with van der Waals surface area (Å²) in [6, 6.07) is 2.70. The number of aromatic carboxylic acids is 1. The summed E-state index contributed by atoms with van der Waals surface area (Å²) in [5.74, 6) is -1.68. The summed E-state index contributed by atoms with van der Waals surface area (Å²) in [5, 5.41) is 11.2. The predicted octanol–water partition coefficient (Wildman–Crippen LogP) is 0.0212. The number of pyridine rings is 1. The topological polar surface area (TPSA) is 99.6 Å². The highest BCUT2D eigenvalue weighted by molar-refractivity contribution is 6.06. The fourth-order valence-corrected chi connectivity index (χ4v) is 1.85. The van der Waals surface area contributed by atoms with E-state index in [9.17, 15) is 14.4 Å². The number of carbonyl (C=O) groups excluding carboxylic acids is 2. The zero-order valence-corrected chi connectivity index (χ0v) is 10.5. The number of imide groups is 1. The number of anilines is 1. The van der Waals surface area contributed by atoms with Gasteiger partial charge in [0.25, 0.3) is 5.91 Å². The maximum atomic E-state index is 11.8. The fraction of sp³-hybridized carbons (Fsp3) is 0.333. The van der Waals surface area contributed by atoms with Crippen molar-refractivity contribution >= 4 is 23.6 Å². The van der Waals surface area contributed by atoms with Crippen molar-refractivity contribution in [3.8, 4) is 0 Å². The van der Waals surface area contributed by atoms with E-state index in [0.717, 1.165) is 0 Å². The van der Waals surface area contributed by atoms with Crippen LogP contribution in [-0.4, -0.2) is 40.0 Å². The smallest absolute Gasteiger partial charge is 0.335 e. The lowest BCUT2D eigenvalue weighted by atomic mass is 9.98. The van der Waals surface area contributed by atoms with Crippen LogP contribution in [-0.2, 0) is 9.59 Å². The highest BCUT2D eigenvalue weighted by atomic mass is 16.4. The molecule has 2 rings (SSSR count). The SMILES string of the molecule is CC1(C)C(=O)NC(=O)CN1c1cc(C(=O)O)ccn1. The van der Waals surface area contributed by atoms with Gasteiger partial charge in [-0.3, -0.25) is 14.9 Å². The van der Waals surface area contributed by atoms with E-state index in [-0.39, 0.29) is 17.9 Å². The van der Waals surface area contributed by atoms with Crippen LogP contribution < -0.4 is 10.2 Å². The number of carboxylic acid groups (broad SMARTS) is 1. The molecular weight excluding hydrogens is 250 g/mol. The molecule has 100 valence electrons. The van der Waals surface area contributed by atoms with Crippen LogP contribution in [0.4, 0.5) is 5.82 Å². The van der Waals surface area contributed by atoms with Crippen LogP contribution in [0.2, 0.25) is 0 Å². The molecule has 0 radical (unpaired) electrons. The Kier molecular flexibility index (Phi) is 2.97. The molecule has 2 N–H and O–H groups in total. The molecule has 1 aliphatic heterocycles. The first kappa shape index (κ1) is 13.0. The Balaban J connectivity index is 2.44. The van der Waals surface area contributed by atoms with Gasteiger partial charge < -0.3 is 10.0 Å². The summed E-state index contributed by atoms with van der Waals surface area (Å²) in [7, 11) is 0. The van der Waals surface area contributed by atoms with Crippen LogP contribution in [0.5, 0.6) is 0 Å². The van der Waals surface area contributed by atoms with Crippen molar-refractivity contribution in [1.82, 2.24) is 10.3 Å². The van der Waals surface area contributed by atoms with Crippen molar-refractivity contribution in [3.05, 3.63) is 23.9 Å². The largest absolute Gasteiger partial charge is 0.478 e. The van der Waals surface area contributed by atoms with Crippen molar-refractivity contribution in [2.24, 2.45) is 0 Å². The summed E-state index contributed by atoms with van der Waals surface area (Å²) >= 11 is 0. The molecule has 0 bridgehead atoms. The second kappa shape index (κ2) is 4.34. The average molecular weight is 263 g/mol. The molecule has 7 heteroatoms. The number of nitrogens with one attached hydrogen (secondary N) is 1. The number of carboxylic acids is 1. The van der Waals surface area contributed by atoms with Crippen molar-refractivity contribution in [2.45, 2.75) is 19.4 Å². The maximum Gasteiger partial charge on any atom is 0.335 e. The van der Waals surface area contributed by atoms with E-state index in [1.807, 2.05) is 0 Å². The molecule has 0 atom stereocenters. The highest BCUT2D eigenvalue weighted by Gasteiger charge is 2.41. The van der Waals surface area contributed by atoms with Gasteiger partial charge in [0.05, 0.1) is 12.1 Å². The van der Waals surface area contributed by atoms with Crippen LogP contribution >= 0.6 is 0 Å². The second-order valence-electron chi connectivity index (χ2n) is 4.73. The van der Waals surface area contributed by atoms with E-state index in [2.05, 4.69) is 10.3 Å². The molecular formula is C12H13N3O4. The molecule has 0 spiro atoms. The monoisotopic (exact) mass is 263 g/mol. The lowest BCUT2D eigenvalue weighted by Crippen LogP contribution is -2.64. The van der Waals surface area contributed by atoms with Crippen molar-refractivity contribution in [2.75, 3.05) is 11.4 Å². The average Bonchev–Trinajstić information content (AvgIpc) is 2.34. The number of amides is 2. The van der Waals surface area contributed by atoms with Crippen molar-refractivity contribution in [1.29, 1.82) is 0 Å². The highest BCUT2D eigenvalue weighted by Crippen LogP contribution is 2.25. The third kappa shape index (κ3) is 2.26. The minimum Gasteiger partial charge on any atom is -0.478 e. The van der Waals surface area contributed by atoms with Gasteiger partial charge in [0.2, 0.25) is 5.91 Å². The fourth-order valence-electron chi connectivity index (χ4n) is 1.85. The molecule has 1 fully saturated rings. The summed E-state index contributed by atoms with van der Waals surface area (Å²) in [5.41, 5.74) is -0.919. The van der Waals surface area contributed by atoms with Gasteiger partial charge in [-0.25, -0.2) is 9.78 Å². The molecule has 0 saturated carbocycles. The molecule has 19 heavy (non-hydrogen) atoms. The first-order valence-corrected chi connectivity index (χ1v) is 5.63. The van der Waals surface area contributed by atoms with Crippen LogP contribution in [0.15, 0.2) is 18.3 Å². The van der Waals surface area contributed by atoms with Gasteiger partial charge in [-0.15, -0.1) is 0 Å². The molecule has 0 unspecified atom stereocenters. The standard InChI is InChI=1S/C12H13N3O4/c1-12(2)11(19)14-9(16)6-15(12)8-5-7(10(17)18)3-4-13-8/h3-5H,6H2,1-2H3,(H,17,18)(H,14,16,19). The van der Waals surface area contributed by atoms with Gasteiger partial charge in [-0.2, -0.15) is 0 Å².